The smallest absolute Gasteiger partial charge is 0.156 e. The van der Waals surface area contributed by atoms with Gasteiger partial charge in [0.2, 0.25) is 0 Å². The third kappa shape index (κ3) is 5.05. The molecule has 2 nitrogen and oxygen atoms in total. The van der Waals surface area contributed by atoms with Crippen LogP contribution >= 0.6 is 23.2 Å². The van der Waals surface area contributed by atoms with E-state index in [1.54, 1.807) is 0 Å². The van der Waals surface area contributed by atoms with Crippen molar-refractivity contribution in [2.45, 2.75) is 40.3 Å². The second-order valence-corrected chi connectivity index (χ2v) is 5.89. The van der Waals surface area contributed by atoms with Crippen molar-refractivity contribution in [3.8, 4) is 5.75 Å². The van der Waals surface area contributed by atoms with Crippen LogP contribution in [0.2, 0.25) is 10.0 Å². The van der Waals surface area contributed by atoms with E-state index in [1.165, 1.54) is 0 Å². The lowest BCUT2D eigenvalue weighted by Gasteiger charge is -2.15. The molecule has 0 radical (unpaired) electrons. The van der Waals surface area contributed by atoms with E-state index in [4.69, 9.17) is 27.9 Å². The van der Waals surface area contributed by atoms with Crippen LogP contribution in [-0.2, 0) is 6.54 Å². The highest BCUT2D eigenvalue weighted by molar-refractivity contribution is 6.37. The van der Waals surface area contributed by atoms with Crippen LogP contribution in [0.15, 0.2) is 12.1 Å². The fourth-order valence-corrected chi connectivity index (χ4v) is 2.19. The van der Waals surface area contributed by atoms with Gasteiger partial charge in [0.25, 0.3) is 0 Å². The van der Waals surface area contributed by atoms with Crippen molar-refractivity contribution in [3.63, 3.8) is 0 Å². The molecule has 102 valence electrons. The number of benzene rings is 1. The Hall–Kier alpha value is -0.440. The van der Waals surface area contributed by atoms with Crippen molar-refractivity contribution in [3.05, 3.63) is 27.7 Å². The van der Waals surface area contributed by atoms with Gasteiger partial charge >= 0.3 is 0 Å². The molecule has 0 heterocycles. The molecule has 0 aromatic heterocycles. The lowest BCUT2D eigenvalue weighted by Crippen LogP contribution is -2.19. The molecule has 4 heteroatoms. The zero-order valence-corrected chi connectivity index (χ0v) is 12.9. The Morgan fingerprint density at radius 2 is 1.67 bits per heavy atom. The third-order valence-electron chi connectivity index (χ3n) is 2.29. The number of rotatable bonds is 6. The molecule has 0 saturated heterocycles. The van der Waals surface area contributed by atoms with Gasteiger partial charge in [-0.2, -0.15) is 0 Å². The van der Waals surface area contributed by atoms with Crippen molar-refractivity contribution in [1.82, 2.24) is 5.32 Å². The van der Waals surface area contributed by atoms with Crippen molar-refractivity contribution in [2.75, 3.05) is 6.54 Å². The largest absolute Gasteiger partial charge is 0.488 e. The van der Waals surface area contributed by atoms with E-state index in [1.807, 2.05) is 26.0 Å². The number of halogens is 2. The summed E-state index contributed by atoms with van der Waals surface area (Å²) >= 11 is 12.4. The number of hydrogen-bond acceptors (Lipinski definition) is 2. The number of ether oxygens (including phenoxy) is 1. The van der Waals surface area contributed by atoms with E-state index < -0.39 is 0 Å². The summed E-state index contributed by atoms with van der Waals surface area (Å²) in [6, 6.07) is 3.80. The van der Waals surface area contributed by atoms with E-state index in [2.05, 4.69) is 19.2 Å². The minimum absolute atomic E-state index is 0.0601. The maximum Gasteiger partial charge on any atom is 0.156 e. The van der Waals surface area contributed by atoms with Gasteiger partial charge in [0, 0.05) is 6.54 Å². The fourth-order valence-electron chi connectivity index (χ4n) is 1.57. The molecular weight excluding hydrogens is 269 g/mol. The molecule has 0 bridgehead atoms. The Balaban J connectivity index is 2.73. The Labute approximate surface area is 120 Å². The predicted octanol–water partition coefficient (Wildman–Crippen LogP) is 4.53. The molecule has 0 unspecified atom stereocenters. The van der Waals surface area contributed by atoms with Crippen molar-refractivity contribution < 1.29 is 4.74 Å². The van der Waals surface area contributed by atoms with Crippen LogP contribution in [0.25, 0.3) is 0 Å². The van der Waals surface area contributed by atoms with Crippen molar-refractivity contribution in [1.29, 1.82) is 0 Å². The molecule has 0 aliphatic carbocycles. The highest BCUT2D eigenvalue weighted by atomic mass is 35.5. The summed E-state index contributed by atoms with van der Waals surface area (Å²) in [5.41, 5.74) is 1.07. The summed E-state index contributed by atoms with van der Waals surface area (Å²) in [6.07, 6.45) is 0.0601. The monoisotopic (exact) mass is 289 g/mol. The first-order valence-electron chi connectivity index (χ1n) is 6.25. The van der Waals surface area contributed by atoms with Crippen molar-refractivity contribution >= 4 is 23.2 Å². The molecule has 0 saturated carbocycles. The standard InChI is InChI=1S/C14H21Cl2NO/c1-9(2)7-17-8-11-5-12(15)14(13(16)6-11)18-10(3)4/h5-6,9-10,17H,7-8H2,1-4H3. The summed E-state index contributed by atoms with van der Waals surface area (Å²) in [7, 11) is 0. The zero-order valence-electron chi connectivity index (χ0n) is 11.4. The van der Waals surface area contributed by atoms with Crippen LogP contribution in [0, 0.1) is 5.92 Å². The highest BCUT2D eigenvalue weighted by Gasteiger charge is 2.11. The van der Waals surface area contributed by atoms with Crippen LogP contribution in [-0.4, -0.2) is 12.6 Å². The number of nitrogens with one attached hydrogen (secondary N) is 1. The second-order valence-electron chi connectivity index (χ2n) is 5.08. The molecule has 0 spiro atoms. The third-order valence-corrected chi connectivity index (χ3v) is 2.85. The summed E-state index contributed by atoms with van der Waals surface area (Å²) < 4.78 is 5.59. The summed E-state index contributed by atoms with van der Waals surface area (Å²) in [4.78, 5) is 0. The van der Waals surface area contributed by atoms with E-state index in [0.29, 0.717) is 21.7 Å². The average molecular weight is 290 g/mol. The minimum atomic E-state index is 0.0601. The Kier molecular flexibility index (Phi) is 6.27. The molecular formula is C14H21Cl2NO. The molecule has 0 aliphatic heterocycles. The van der Waals surface area contributed by atoms with Gasteiger partial charge in [0.15, 0.2) is 5.75 Å². The molecule has 1 aromatic carbocycles. The molecule has 0 aliphatic rings. The van der Waals surface area contributed by atoms with Gasteiger partial charge in [-0.25, -0.2) is 0 Å². The quantitative estimate of drug-likeness (QED) is 0.831. The lowest BCUT2D eigenvalue weighted by atomic mass is 10.2. The molecule has 0 fully saturated rings. The SMILES string of the molecule is CC(C)CNCc1cc(Cl)c(OC(C)C)c(Cl)c1. The summed E-state index contributed by atoms with van der Waals surface area (Å²) in [5.74, 6) is 1.19. The first-order valence-corrected chi connectivity index (χ1v) is 7.01. The van der Waals surface area contributed by atoms with Crippen LogP contribution in [0.4, 0.5) is 0 Å². The fraction of sp³-hybridized carbons (Fsp3) is 0.571. The molecule has 18 heavy (non-hydrogen) atoms. The second kappa shape index (κ2) is 7.22. The normalized spacial score (nSPS) is 11.3. The predicted molar refractivity (Wildman–Crippen MR) is 78.8 cm³/mol. The first kappa shape index (κ1) is 15.6. The lowest BCUT2D eigenvalue weighted by molar-refractivity contribution is 0.242. The first-order chi connectivity index (χ1) is 8.40. The number of hydrogen-bond donors (Lipinski definition) is 1. The molecule has 0 atom stereocenters. The van der Waals surface area contributed by atoms with E-state index in [-0.39, 0.29) is 6.10 Å². The Morgan fingerprint density at radius 1 is 1.11 bits per heavy atom. The van der Waals surface area contributed by atoms with Crippen molar-refractivity contribution in [2.24, 2.45) is 5.92 Å². The van der Waals surface area contributed by atoms with Crippen LogP contribution in [0.5, 0.6) is 5.75 Å². The van der Waals surface area contributed by atoms with E-state index in [9.17, 15) is 0 Å². The molecule has 1 aromatic rings. The van der Waals surface area contributed by atoms with E-state index >= 15 is 0 Å². The maximum absolute atomic E-state index is 6.18. The Bertz CT molecular complexity index is 368. The molecule has 0 amide bonds. The highest BCUT2D eigenvalue weighted by Crippen LogP contribution is 2.34. The maximum atomic E-state index is 6.18. The van der Waals surface area contributed by atoms with Gasteiger partial charge in [-0.05, 0) is 44.0 Å². The van der Waals surface area contributed by atoms with Crippen LogP contribution < -0.4 is 10.1 Å². The molecule has 1 N–H and O–H groups in total. The Morgan fingerprint density at radius 3 is 2.11 bits per heavy atom. The van der Waals surface area contributed by atoms with Crippen LogP contribution in [0.3, 0.4) is 0 Å². The average Bonchev–Trinajstić information content (AvgIpc) is 2.22. The molecule has 1 rings (SSSR count). The van der Waals surface area contributed by atoms with Gasteiger partial charge in [-0.1, -0.05) is 37.0 Å². The van der Waals surface area contributed by atoms with Gasteiger partial charge in [-0.3, -0.25) is 0 Å². The van der Waals surface area contributed by atoms with Gasteiger partial charge in [0.05, 0.1) is 16.1 Å². The van der Waals surface area contributed by atoms with Gasteiger partial charge < -0.3 is 10.1 Å². The minimum Gasteiger partial charge on any atom is -0.488 e. The van der Waals surface area contributed by atoms with Gasteiger partial charge in [-0.15, -0.1) is 0 Å². The zero-order chi connectivity index (χ0) is 13.7. The van der Waals surface area contributed by atoms with Crippen LogP contribution in [0.1, 0.15) is 33.3 Å². The topological polar surface area (TPSA) is 21.3 Å². The van der Waals surface area contributed by atoms with E-state index in [0.717, 1.165) is 18.7 Å². The summed E-state index contributed by atoms with van der Waals surface area (Å²) in [5, 5.41) is 4.49. The van der Waals surface area contributed by atoms with Gasteiger partial charge in [0.1, 0.15) is 0 Å². The summed E-state index contributed by atoms with van der Waals surface area (Å²) in [6.45, 7) is 9.98.